The molecule has 9 nitrogen and oxygen atoms in total. The van der Waals surface area contributed by atoms with Crippen LogP contribution in [0.4, 0.5) is 21.2 Å². The van der Waals surface area contributed by atoms with Crippen LogP contribution in [-0.4, -0.2) is 68.0 Å². The summed E-state index contributed by atoms with van der Waals surface area (Å²) in [5, 5.41) is 9.99. The average molecular weight is 766 g/mol. The number of rotatable bonds is 10. The highest BCUT2D eigenvalue weighted by molar-refractivity contribution is 6.72. The van der Waals surface area contributed by atoms with Gasteiger partial charge in [-0.25, -0.2) is 0 Å². The van der Waals surface area contributed by atoms with Gasteiger partial charge in [-0.05, 0) is 102 Å². The highest BCUT2D eigenvalue weighted by atomic mass is 28.4. The van der Waals surface area contributed by atoms with Gasteiger partial charge in [0.25, 0.3) is 11.8 Å². The molecular formula is C44H52FN3O6Si. The molecule has 11 heteroatoms. The fraction of sp³-hybridized carbons (Fsp3) is 0.432. The van der Waals surface area contributed by atoms with Crippen LogP contribution in [0.3, 0.4) is 0 Å². The van der Waals surface area contributed by atoms with E-state index in [1.54, 1.807) is 46.0 Å². The Morgan fingerprint density at radius 1 is 1.00 bits per heavy atom. The number of carbonyl (C=O) groups excluding carboxylic acids is 3. The molecule has 5 atom stereocenters. The highest BCUT2D eigenvalue weighted by Gasteiger charge is 2.67. The van der Waals surface area contributed by atoms with Crippen molar-refractivity contribution >= 4 is 43.2 Å². The van der Waals surface area contributed by atoms with E-state index in [2.05, 4.69) is 32.9 Å². The van der Waals surface area contributed by atoms with E-state index >= 15 is 8.90 Å². The molecule has 3 amide bonds. The number of benzene rings is 3. The van der Waals surface area contributed by atoms with Gasteiger partial charge in [0, 0.05) is 35.8 Å². The molecule has 1 spiro atoms. The Balaban J connectivity index is 1.34. The first-order valence-electron chi connectivity index (χ1n) is 19.5. The van der Waals surface area contributed by atoms with E-state index in [0.717, 1.165) is 24.8 Å². The van der Waals surface area contributed by atoms with E-state index < -0.39 is 31.6 Å². The molecule has 2 saturated heterocycles. The first-order valence-corrected chi connectivity index (χ1v) is 22.4. The van der Waals surface area contributed by atoms with Crippen LogP contribution in [-0.2, 0) is 19.9 Å². The summed E-state index contributed by atoms with van der Waals surface area (Å²) in [5.41, 5.74) is 2.71. The summed E-state index contributed by atoms with van der Waals surface area (Å²) in [6, 6.07) is 19.7. The van der Waals surface area contributed by atoms with Gasteiger partial charge in [0.15, 0.2) is 11.4 Å². The number of fused-ring (bicyclic) bond motifs is 4. The van der Waals surface area contributed by atoms with Gasteiger partial charge in [0.05, 0.1) is 42.1 Å². The minimum atomic E-state index is -3.57. The topological polar surface area (TPSA) is 99.6 Å². The van der Waals surface area contributed by atoms with Crippen molar-refractivity contribution in [1.29, 1.82) is 0 Å². The van der Waals surface area contributed by atoms with E-state index in [0.29, 0.717) is 52.7 Å². The number of amides is 3. The lowest BCUT2D eigenvalue weighted by atomic mass is 9.82. The SMILES string of the molecule is CC(C)=CCC/C(C)=C/CN1C(=O)[C@@]2(O[C@@H](CC(=O)N3CCC[C@H]3CO)[C@H]([Si](C)(C)F)[C@H]2C)c2cc(N3C(=O)c4ccccc4Oc4ccccc43)ccc21. The number of halogens is 1. The van der Waals surface area contributed by atoms with Crippen molar-refractivity contribution in [2.45, 2.75) is 96.2 Å². The number of carbonyl (C=O) groups is 3. The van der Waals surface area contributed by atoms with Crippen LogP contribution in [0.5, 0.6) is 11.5 Å². The minimum Gasteiger partial charge on any atom is -0.454 e. The number of ether oxygens (including phenoxy) is 2. The molecule has 4 heterocycles. The Bertz CT molecular complexity index is 2060. The van der Waals surface area contributed by atoms with Gasteiger partial charge in [0.2, 0.25) is 14.3 Å². The molecule has 7 rings (SSSR count). The lowest BCUT2D eigenvalue weighted by molar-refractivity contribution is -0.149. The van der Waals surface area contributed by atoms with Crippen LogP contribution in [0, 0.1) is 5.92 Å². The second-order valence-electron chi connectivity index (χ2n) is 16.2. The second kappa shape index (κ2) is 15.2. The quantitative estimate of drug-likeness (QED) is 0.126. The molecule has 4 aliphatic heterocycles. The second-order valence-corrected chi connectivity index (χ2v) is 20.0. The summed E-state index contributed by atoms with van der Waals surface area (Å²) in [5.74, 6) is -0.494. The number of aliphatic hydroxyl groups excluding tert-OH is 1. The average Bonchev–Trinajstić information content (AvgIpc) is 3.78. The molecule has 0 radical (unpaired) electrons. The minimum absolute atomic E-state index is 0.0919. The molecule has 0 unspecified atom stereocenters. The van der Waals surface area contributed by atoms with Crippen molar-refractivity contribution in [2.24, 2.45) is 5.92 Å². The van der Waals surface area contributed by atoms with Gasteiger partial charge >= 0.3 is 0 Å². The number of hydrogen-bond donors (Lipinski definition) is 1. The van der Waals surface area contributed by atoms with Crippen LogP contribution < -0.4 is 14.5 Å². The van der Waals surface area contributed by atoms with Crippen molar-refractivity contribution in [2.75, 3.05) is 29.5 Å². The van der Waals surface area contributed by atoms with Crippen LogP contribution >= 0.6 is 0 Å². The fourth-order valence-corrected chi connectivity index (χ4v) is 11.7. The molecule has 3 aromatic rings. The molecule has 2 fully saturated rings. The van der Waals surface area contributed by atoms with Gasteiger partial charge in [-0.15, -0.1) is 0 Å². The van der Waals surface area contributed by atoms with Crippen LogP contribution in [0.1, 0.15) is 75.7 Å². The number of likely N-dealkylation sites (tertiary alicyclic amines) is 1. The number of hydrogen-bond acceptors (Lipinski definition) is 6. The van der Waals surface area contributed by atoms with Gasteiger partial charge in [-0.3, -0.25) is 19.3 Å². The smallest absolute Gasteiger partial charge is 0.266 e. The Morgan fingerprint density at radius 2 is 1.73 bits per heavy atom. The van der Waals surface area contributed by atoms with E-state index in [9.17, 15) is 14.7 Å². The Morgan fingerprint density at radius 3 is 2.45 bits per heavy atom. The normalized spacial score (nSPS) is 24.8. The van der Waals surface area contributed by atoms with Crippen molar-refractivity contribution in [1.82, 2.24) is 4.90 Å². The zero-order valence-electron chi connectivity index (χ0n) is 32.7. The number of allylic oxidation sites excluding steroid dienone is 3. The third-order valence-corrected chi connectivity index (χ3v) is 14.3. The van der Waals surface area contributed by atoms with Gasteiger partial charge < -0.3 is 28.5 Å². The summed E-state index contributed by atoms with van der Waals surface area (Å²) < 4.78 is 29.9. The maximum Gasteiger partial charge on any atom is 0.266 e. The maximum atomic E-state index is 16.7. The zero-order chi connectivity index (χ0) is 39.2. The standard InChI is InChI=1S/C44H52FN3O6Si/c1-28(2)13-11-14-29(3)22-24-47-35-21-20-31(48-36-17-8-10-19-38(36)53-37-18-9-7-16-33(37)42(48)51)25-34(35)44(43(47)52)30(4)41(55(5,6)45)39(54-44)26-40(50)46-23-12-15-32(46)27-49/h7-10,13,16-22,25,30,32,39,41,49H,11-12,14-15,23-24,26-27H2,1-6H3/b29-22+/t30-,32+,39+,41-,44+/m1/s1. The molecular weight excluding hydrogens is 714 g/mol. The molecule has 4 aliphatic rings. The van der Waals surface area contributed by atoms with Crippen LogP contribution in [0.2, 0.25) is 18.6 Å². The van der Waals surface area contributed by atoms with Gasteiger partial charge in [-0.2, -0.15) is 0 Å². The lowest BCUT2D eigenvalue weighted by Gasteiger charge is -2.31. The zero-order valence-corrected chi connectivity index (χ0v) is 33.7. The van der Waals surface area contributed by atoms with Gasteiger partial charge in [-0.1, -0.05) is 54.5 Å². The van der Waals surface area contributed by atoms with E-state index in [4.69, 9.17) is 9.47 Å². The summed E-state index contributed by atoms with van der Waals surface area (Å²) in [6.07, 6.45) is 6.53. The Kier molecular flexibility index (Phi) is 10.7. The van der Waals surface area contributed by atoms with Gasteiger partial charge in [0.1, 0.15) is 5.75 Å². The van der Waals surface area contributed by atoms with Crippen molar-refractivity contribution in [3.63, 3.8) is 0 Å². The predicted octanol–water partition coefficient (Wildman–Crippen LogP) is 8.96. The van der Waals surface area contributed by atoms with Crippen molar-refractivity contribution in [3.8, 4) is 11.5 Å². The molecule has 55 heavy (non-hydrogen) atoms. The van der Waals surface area contributed by atoms with E-state index in [1.807, 2.05) is 55.5 Å². The number of anilines is 3. The van der Waals surface area contributed by atoms with Crippen molar-refractivity contribution in [3.05, 3.63) is 101 Å². The van der Waals surface area contributed by atoms with Crippen molar-refractivity contribution < 1.29 is 33.1 Å². The highest BCUT2D eigenvalue weighted by Crippen LogP contribution is 2.61. The molecule has 0 bridgehead atoms. The largest absolute Gasteiger partial charge is 0.454 e. The molecule has 290 valence electrons. The third kappa shape index (κ3) is 6.95. The fourth-order valence-electron chi connectivity index (χ4n) is 9.20. The number of para-hydroxylation sites is 3. The first kappa shape index (κ1) is 38.7. The summed E-state index contributed by atoms with van der Waals surface area (Å²) >= 11 is 0. The molecule has 0 saturated carbocycles. The van der Waals surface area contributed by atoms with E-state index in [1.165, 1.54) is 5.57 Å². The predicted molar refractivity (Wildman–Crippen MR) is 215 cm³/mol. The third-order valence-electron chi connectivity index (χ3n) is 11.8. The van der Waals surface area contributed by atoms with E-state index in [-0.39, 0.29) is 43.3 Å². The Hall–Kier alpha value is -4.58. The molecule has 1 N–H and O–H groups in total. The Labute approximate surface area is 324 Å². The summed E-state index contributed by atoms with van der Waals surface area (Å²) in [4.78, 5) is 48.5. The molecule has 0 aliphatic carbocycles. The summed E-state index contributed by atoms with van der Waals surface area (Å²) in [6.45, 7) is 12.0. The lowest BCUT2D eigenvalue weighted by Crippen LogP contribution is -2.45. The molecule has 0 aromatic heterocycles. The summed E-state index contributed by atoms with van der Waals surface area (Å²) in [7, 11) is -3.57. The first-order chi connectivity index (χ1) is 26.3. The number of aliphatic hydroxyl groups is 1. The maximum absolute atomic E-state index is 16.7. The molecule has 3 aromatic carbocycles. The van der Waals surface area contributed by atoms with Crippen LogP contribution in [0.25, 0.3) is 0 Å². The van der Waals surface area contributed by atoms with Crippen LogP contribution in [0.15, 0.2) is 90.0 Å². The monoisotopic (exact) mass is 765 g/mol. The number of nitrogens with zero attached hydrogens (tertiary/aromatic N) is 3.